The van der Waals surface area contributed by atoms with Crippen LogP contribution in [-0.2, 0) is 16.0 Å². The molecule has 0 atom stereocenters. The van der Waals surface area contributed by atoms with Gasteiger partial charge in [-0.05, 0) is 41.5 Å². The molecule has 1 rings (SSSR count). The number of hydrogen-bond donors (Lipinski definition) is 0. The van der Waals surface area contributed by atoms with E-state index in [0.717, 1.165) is 4.90 Å². The second kappa shape index (κ2) is 6.72. The largest absolute Gasteiger partial charge is 0.443 e. The Morgan fingerprint density at radius 1 is 1.00 bits per heavy atom. The van der Waals surface area contributed by atoms with Crippen LogP contribution in [-0.4, -0.2) is 38.3 Å². The van der Waals surface area contributed by atoms with Crippen LogP contribution < -0.4 is 0 Å². The first kappa shape index (κ1) is 17.9. The smallest absolute Gasteiger partial charge is 0.420 e. The van der Waals surface area contributed by atoms with Crippen LogP contribution in [0.5, 0.6) is 0 Å². The van der Waals surface area contributed by atoms with E-state index in [1.54, 1.807) is 41.5 Å². The summed E-state index contributed by atoms with van der Waals surface area (Å²) in [6.07, 6.45) is 2.90. The fraction of sp³-hybridized carbons (Fsp3) is 0.600. The van der Waals surface area contributed by atoms with E-state index in [0.29, 0.717) is 5.69 Å². The Kier molecular flexibility index (Phi) is 5.46. The van der Waals surface area contributed by atoms with Crippen molar-refractivity contribution in [2.75, 3.05) is 0 Å². The third kappa shape index (κ3) is 6.51. The van der Waals surface area contributed by atoms with Gasteiger partial charge in [-0.2, -0.15) is 0 Å². The molecule has 0 unspecified atom stereocenters. The van der Waals surface area contributed by atoms with Gasteiger partial charge in [-0.1, -0.05) is 0 Å². The molecule has 2 amide bonds. The van der Waals surface area contributed by atoms with Crippen molar-refractivity contribution in [1.82, 2.24) is 14.9 Å². The molecule has 0 N–H and O–H groups in total. The van der Waals surface area contributed by atoms with Gasteiger partial charge in [0.25, 0.3) is 0 Å². The lowest BCUT2D eigenvalue weighted by molar-refractivity contribution is -0.000490. The van der Waals surface area contributed by atoms with Crippen molar-refractivity contribution < 1.29 is 19.1 Å². The van der Waals surface area contributed by atoms with E-state index in [1.807, 2.05) is 0 Å². The number of ether oxygens (including phenoxy) is 2. The molecular formula is C15H23N3O4. The van der Waals surface area contributed by atoms with Crippen molar-refractivity contribution in [2.24, 2.45) is 0 Å². The maximum Gasteiger partial charge on any atom is 0.420 e. The maximum absolute atomic E-state index is 12.2. The summed E-state index contributed by atoms with van der Waals surface area (Å²) >= 11 is 0. The summed E-state index contributed by atoms with van der Waals surface area (Å²) in [5, 5.41) is 0. The minimum Gasteiger partial charge on any atom is -0.443 e. The Labute approximate surface area is 130 Å². The molecule has 22 heavy (non-hydrogen) atoms. The topological polar surface area (TPSA) is 81.6 Å². The Morgan fingerprint density at radius 3 is 1.86 bits per heavy atom. The van der Waals surface area contributed by atoms with E-state index in [1.165, 1.54) is 18.6 Å². The molecule has 0 saturated carbocycles. The van der Waals surface area contributed by atoms with Gasteiger partial charge in [0, 0.05) is 12.4 Å². The molecule has 0 aromatic carbocycles. The molecule has 1 aromatic heterocycles. The van der Waals surface area contributed by atoms with E-state index >= 15 is 0 Å². The molecular weight excluding hydrogens is 286 g/mol. The van der Waals surface area contributed by atoms with Crippen LogP contribution in [0.2, 0.25) is 0 Å². The van der Waals surface area contributed by atoms with Crippen LogP contribution in [0.15, 0.2) is 18.6 Å². The maximum atomic E-state index is 12.2. The van der Waals surface area contributed by atoms with Crippen molar-refractivity contribution in [1.29, 1.82) is 0 Å². The number of rotatable bonds is 2. The summed E-state index contributed by atoms with van der Waals surface area (Å²) in [7, 11) is 0. The average Bonchev–Trinajstić information content (AvgIpc) is 2.32. The van der Waals surface area contributed by atoms with Crippen LogP contribution in [0, 0.1) is 0 Å². The van der Waals surface area contributed by atoms with Gasteiger partial charge in [0.2, 0.25) is 0 Å². The molecule has 0 spiro atoms. The standard InChI is InChI=1S/C15H23N3O4/c1-14(2,3)21-12(19)18(13(20)22-15(4,5)6)10-11-9-16-7-8-17-11/h7-9H,10H2,1-6H3. The highest BCUT2D eigenvalue weighted by Crippen LogP contribution is 2.16. The fourth-order valence-corrected chi connectivity index (χ4v) is 1.41. The normalized spacial score (nSPS) is 11.7. The third-order valence-electron chi connectivity index (χ3n) is 2.16. The van der Waals surface area contributed by atoms with E-state index in [-0.39, 0.29) is 6.54 Å². The van der Waals surface area contributed by atoms with Gasteiger partial charge < -0.3 is 9.47 Å². The second-order valence-electron chi connectivity index (χ2n) is 6.74. The highest BCUT2D eigenvalue weighted by Gasteiger charge is 2.31. The number of amides is 2. The molecule has 1 heterocycles. The molecule has 0 saturated heterocycles. The van der Waals surface area contributed by atoms with E-state index in [9.17, 15) is 9.59 Å². The fourth-order valence-electron chi connectivity index (χ4n) is 1.41. The van der Waals surface area contributed by atoms with Gasteiger partial charge in [-0.15, -0.1) is 0 Å². The van der Waals surface area contributed by atoms with Crippen molar-refractivity contribution >= 4 is 12.2 Å². The summed E-state index contributed by atoms with van der Waals surface area (Å²) in [4.78, 5) is 33.3. The Balaban J connectivity index is 2.94. The number of carbonyl (C=O) groups is 2. The zero-order valence-electron chi connectivity index (χ0n) is 13.9. The third-order valence-corrected chi connectivity index (χ3v) is 2.16. The zero-order chi connectivity index (χ0) is 17.0. The SMILES string of the molecule is CC(C)(C)OC(=O)N(Cc1cnccn1)C(=O)OC(C)(C)C. The predicted molar refractivity (Wildman–Crippen MR) is 80.0 cm³/mol. The highest BCUT2D eigenvalue weighted by molar-refractivity contribution is 5.88. The Bertz CT molecular complexity index is 490. The van der Waals surface area contributed by atoms with Gasteiger partial charge in [0.15, 0.2) is 0 Å². The second-order valence-corrected chi connectivity index (χ2v) is 6.74. The number of imide groups is 1. The Morgan fingerprint density at radius 2 is 1.50 bits per heavy atom. The van der Waals surface area contributed by atoms with Crippen LogP contribution in [0.1, 0.15) is 47.2 Å². The highest BCUT2D eigenvalue weighted by atomic mass is 16.6. The number of carbonyl (C=O) groups excluding carboxylic acids is 2. The molecule has 0 fully saturated rings. The number of hydrogen-bond acceptors (Lipinski definition) is 6. The molecule has 122 valence electrons. The van der Waals surface area contributed by atoms with E-state index in [2.05, 4.69) is 9.97 Å². The zero-order valence-corrected chi connectivity index (χ0v) is 13.9. The molecule has 0 aliphatic heterocycles. The summed E-state index contributed by atoms with van der Waals surface area (Å²) in [6.45, 7) is 10.3. The minimum absolute atomic E-state index is 0.0718. The number of aromatic nitrogens is 2. The van der Waals surface area contributed by atoms with Crippen molar-refractivity contribution in [3.05, 3.63) is 24.3 Å². The van der Waals surface area contributed by atoms with Gasteiger partial charge in [0.1, 0.15) is 11.2 Å². The predicted octanol–water partition coefficient (Wildman–Crippen LogP) is 3.15. The van der Waals surface area contributed by atoms with Gasteiger partial charge in [-0.25, -0.2) is 14.5 Å². The van der Waals surface area contributed by atoms with Crippen LogP contribution in [0.4, 0.5) is 9.59 Å². The summed E-state index contributed by atoms with van der Waals surface area (Å²) in [6, 6.07) is 0. The molecule has 0 aliphatic rings. The van der Waals surface area contributed by atoms with Crippen LogP contribution in [0.25, 0.3) is 0 Å². The molecule has 1 aromatic rings. The lowest BCUT2D eigenvalue weighted by atomic mass is 10.2. The van der Waals surface area contributed by atoms with Crippen molar-refractivity contribution in [2.45, 2.75) is 59.3 Å². The van der Waals surface area contributed by atoms with Gasteiger partial charge >= 0.3 is 12.2 Å². The average molecular weight is 309 g/mol. The molecule has 0 radical (unpaired) electrons. The van der Waals surface area contributed by atoms with Crippen molar-refractivity contribution in [3.63, 3.8) is 0 Å². The van der Waals surface area contributed by atoms with E-state index < -0.39 is 23.4 Å². The minimum atomic E-state index is -0.785. The van der Waals surface area contributed by atoms with Gasteiger partial charge in [0.05, 0.1) is 18.4 Å². The van der Waals surface area contributed by atoms with E-state index in [4.69, 9.17) is 9.47 Å². The molecule has 0 bridgehead atoms. The van der Waals surface area contributed by atoms with Crippen molar-refractivity contribution in [3.8, 4) is 0 Å². The number of nitrogens with zero attached hydrogens (tertiary/aromatic N) is 3. The monoisotopic (exact) mass is 309 g/mol. The first-order valence-corrected chi connectivity index (χ1v) is 6.96. The summed E-state index contributed by atoms with van der Waals surface area (Å²) in [5.41, 5.74) is -0.987. The molecule has 0 aliphatic carbocycles. The quantitative estimate of drug-likeness (QED) is 0.834. The van der Waals surface area contributed by atoms with Gasteiger partial charge in [-0.3, -0.25) is 9.97 Å². The lowest BCUT2D eigenvalue weighted by Crippen LogP contribution is -2.43. The summed E-state index contributed by atoms with van der Waals surface area (Å²) in [5.74, 6) is 0. The first-order chi connectivity index (χ1) is 9.98. The lowest BCUT2D eigenvalue weighted by Gasteiger charge is -2.28. The van der Waals surface area contributed by atoms with Crippen LogP contribution in [0.3, 0.4) is 0 Å². The Hall–Kier alpha value is -2.18. The molecule has 7 nitrogen and oxygen atoms in total. The van der Waals surface area contributed by atoms with Crippen LogP contribution >= 0.6 is 0 Å². The summed E-state index contributed by atoms with van der Waals surface area (Å²) < 4.78 is 10.5. The molecule has 7 heteroatoms. The first-order valence-electron chi connectivity index (χ1n) is 6.96.